The molecule has 0 aromatic heterocycles. The van der Waals surface area contributed by atoms with Crippen LogP contribution in [0, 0.1) is 6.92 Å². The summed E-state index contributed by atoms with van der Waals surface area (Å²) in [5.74, 6) is 0. The molecule has 0 nitrogen and oxygen atoms in total. The van der Waals surface area contributed by atoms with Crippen molar-refractivity contribution in [3.05, 3.63) is 6.92 Å². The molecule has 0 atom stereocenters. The standard InChI is InChI=1S/C3H7.Pt/c1-3-2;/h1,3H2,2H3;/q-1;. The number of rotatable bonds is 0. The van der Waals surface area contributed by atoms with E-state index in [4.69, 9.17) is 0 Å². The molecule has 0 amide bonds. The Hall–Kier alpha value is 0.688. The zero-order valence-corrected chi connectivity index (χ0v) is 5.00. The van der Waals surface area contributed by atoms with Gasteiger partial charge in [-0.2, -0.15) is 6.42 Å². The molecule has 0 fully saturated rings. The van der Waals surface area contributed by atoms with Crippen molar-refractivity contribution in [1.82, 2.24) is 0 Å². The van der Waals surface area contributed by atoms with Gasteiger partial charge in [0.05, 0.1) is 0 Å². The first-order chi connectivity index (χ1) is 1.41. The predicted octanol–water partition coefficient (Wildman–Crippen LogP) is 1.23. The van der Waals surface area contributed by atoms with E-state index < -0.39 is 0 Å². The van der Waals surface area contributed by atoms with Crippen LogP contribution in [-0.4, -0.2) is 0 Å². The fraction of sp³-hybridized carbons (Fsp3) is 0.667. The molecule has 0 spiro atoms. The van der Waals surface area contributed by atoms with Crippen LogP contribution in [0.25, 0.3) is 0 Å². The summed E-state index contributed by atoms with van der Waals surface area (Å²) in [6, 6.07) is 0. The van der Waals surface area contributed by atoms with Crippen LogP contribution in [0.3, 0.4) is 0 Å². The Morgan fingerprint density at radius 2 is 1.75 bits per heavy atom. The molecule has 0 aliphatic heterocycles. The molecule has 1 heteroatoms. The molecule has 0 radical (unpaired) electrons. The first-order valence-electron chi connectivity index (χ1n) is 1.21. The van der Waals surface area contributed by atoms with E-state index in [1.165, 1.54) is 0 Å². The van der Waals surface area contributed by atoms with Crippen molar-refractivity contribution in [3.63, 3.8) is 0 Å². The molecule has 0 unspecified atom stereocenters. The molecule has 0 aromatic carbocycles. The molecule has 0 aromatic rings. The second-order valence-electron chi connectivity index (χ2n) is 0.500. The SMILES string of the molecule is [CH2-]CC.[Pt]. The third-order valence-electron chi connectivity index (χ3n) is 0. The third kappa shape index (κ3) is 16.2. The zero-order chi connectivity index (χ0) is 2.71. The van der Waals surface area contributed by atoms with Gasteiger partial charge in [0, 0.05) is 21.1 Å². The summed E-state index contributed by atoms with van der Waals surface area (Å²) in [5.41, 5.74) is 0. The van der Waals surface area contributed by atoms with Crippen LogP contribution in [0.4, 0.5) is 0 Å². The molecule has 0 N–H and O–H groups in total. The molecular weight excluding hydrogens is 231 g/mol. The van der Waals surface area contributed by atoms with Crippen LogP contribution < -0.4 is 0 Å². The van der Waals surface area contributed by atoms with Crippen LogP contribution in [0.2, 0.25) is 0 Å². The summed E-state index contributed by atoms with van der Waals surface area (Å²) in [6.07, 6.45) is 1.00. The summed E-state index contributed by atoms with van der Waals surface area (Å²) in [7, 11) is 0. The van der Waals surface area contributed by atoms with Crippen molar-refractivity contribution in [2.75, 3.05) is 0 Å². The molecule has 0 saturated heterocycles. The molecule has 4 heavy (non-hydrogen) atoms. The Bertz CT molecular complexity index is 3.25. The Morgan fingerprint density at radius 1 is 1.75 bits per heavy atom. The van der Waals surface area contributed by atoms with Crippen molar-refractivity contribution in [2.45, 2.75) is 13.3 Å². The maximum absolute atomic E-state index is 3.49. The van der Waals surface area contributed by atoms with E-state index in [9.17, 15) is 0 Å². The Labute approximate surface area is 41.9 Å². The van der Waals surface area contributed by atoms with Crippen molar-refractivity contribution in [1.29, 1.82) is 0 Å². The van der Waals surface area contributed by atoms with Crippen LogP contribution in [0.15, 0.2) is 0 Å². The minimum absolute atomic E-state index is 0. The molecule has 0 heterocycles. The number of hydrogen-bond donors (Lipinski definition) is 0. The van der Waals surface area contributed by atoms with Crippen molar-refractivity contribution >= 4 is 0 Å². The topological polar surface area (TPSA) is 0 Å². The average Bonchev–Trinajstić information content (AvgIpc) is 0.918. The summed E-state index contributed by atoms with van der Waals surface area (Å²) in [5, 5.41) is 0. The fourth-order valence-corrected chi connectivity index (χ4v) is 0. The van der Waals surface area contributed by atoms with E-state index in [-0.39, 0.29) is 21.1 Å². The van der Waals surface area contributed by atoms with Gasteiger partial charge in [-0.1, -0.05) is 6.92 Å². The van der Waals surface area contributed by atoms with E-state index in [0.29, 0.717) is 0 Å². The molecule has 0 bridgehead atoms. The van der Waals surface area contributed by atoms with Gasteiger partial charge in [0.15, 0.2) is 0 Å². The van der Waals surface area contributed by atoms with Crippen molar-refractivity contribution in [2.24, 2.45) is 0 Å². The quantitative estimate of drug-likeness (QED) is 0.557. The Kier molecular flexibility index (Phi) is 20.6. The van der Waals surface area contributed by atoms with E-state index in [2.05, 4.69) is 6.92 Å². The minimum atomic E-state index is 0. The molecule has 0 saturated carbocycles. The molecule has 0 rings (SSSR count). The summed E-state index contributed by atoms with van der Waals surface area (Å²) in [4.78, 5) is 0. The van der Waals surface area contributed by atoms with Gasteiger partial charge in [-0.25, -0.2) is 0 Å². The van der Waals surface area contributed by atoms with E-state index >= 15 is 0 Å². The zero-order valence-electron chi connectivity index (χ0n) is 2.73. The van der Waals surface area contributed by atoms with Gasteiger partial charge in [0.2, 0.25) is 0 Å². The molecule has 30 valence electrons. The molecule has 0 aliphatic carbocycles. The largest absolute Gasteiger partial charge is 0.344 e. The van der Waals surface area contributed by atoms with Gasteiger partial charge in [-0.15, -0.1) is 0 Å². The van der Waals surface area contributed by atoms with Gasteiger partial charge < -0.3 is 6.92 Å². The van der Waals surface area contributed by atoms with Crippen LogP contribution in [0.5, 0.6) is 0 Å². The van der Waals surface area contributed by atoms with Gasteiger partial charge in [-0.3, -0.25) is 0 Å². The van der Waals surface area contributed by atoms with E-state index in [1.54, 1.807) is 0 Å². The maximum atomic E-state index is 3.49. The van der Waals surface area contributed by atoms with Crippen LogP contribution in [0.1, 0.15) is 13.3 Å². The number of hydrogen-bond acceptors (Lipinski definition) is 0. The Morgan fingerprint density at radius 3 is 1.75 bits per heavy atom. The van der Waals surface area contributed by atoms with Crippen LogP contribution in [-0.2, 0) is 21.1 Å². The van der Waals surface area contributed by atoms with Crippen molar-refractivity contribution < 1.29 is 21.1 Å². The van der Waals surface area contributed by atoms with Gasteiger partial charge >= 0.3 is 0 Å². The van der Waals surface area contributed by atoms with Crippen LogP contribution >= 0.6 is 0 Å². The van der Waals surface area contributed by atoms with E-state index in [1.807, 2.05) is 6.92 Å². The second-order valence-corrected chi connectivity index (χ2v) is 0.500. The third-order valence-corrected chi connectivity index (χ3v) is 0. The van der Waals surface area contributed by atoms with Crippen molar-refractivity contribution in [3.8, 4) is 0 Å². The smallest absolute Gasteiger partial charge is 0 e. The molecular formula is C3H7Pt-. The summed E-state index contributed by atoms with van der Waals surface area (Å²) >= 11 is 0. The fourth-order valence-electron chi connectivity index (χ4n) is 0. The Balaban J connectivity index is 0. The second kappa shape index (κ2) is 9.35. The van der Waals surface area contributed by atoms with Gasteiger partial charge in [0.25, 0.3) is 0 Å². The average molecular weight is 238 g/mol. The van der Waals surface area contributed by atoms with Gasteiger partial charge in [0.1, 0.15) is 0 Å². The maximum Gasteiger partial charge on any atom is 0 e. The first-order valence-corrected chi connectivity index (χ1v) is 1.21. The molecule has 0 aliphatic rings. The minimum Gasteiger partial charge on any atom is -0.344 e. The first kappa shape index (κ1) is 8.82. The van der Waals surface area contributed by atoms with Gasteiger partial charge in [-0.05, 0) is 0 Å². The summed E-state index contributed by atoms with van der Waals surface area (Å²) < 4.78 is 0. The monoisotopic (exact) mass is 238 g/mol. The van der Waals surface area contributed by atoms with E-state index in [0.717, 1.165) is 6.42 Å². The predicted molar refractivity (Wildman–Crippen MR) is 15.6 cm³/mol. The summed E-state index contributed by atoms with van der Waals surface area (Å²) in [6.45, 7) is 5.50. The normalized spacial score (nSPS) is 4.50.